The Morgan fingerprint density at radius 2 is 2.05 bits per heavy atom. The number of hydrogen-bond acceptors (Lipinski definition) is 4. The van der Waals surface area contributed by atoms with Crippen LogP contribution in [0.1, 0.15) is 19.6 Å². The van der Waals surface area contributed by atoms with E-state index in [0.717, 1.165) is 23.5 Å². The minimum Gasteiger partial charge on any atom is -0.478 e. The van der Waals surface area contributed by atoms with Crippen molar-refractivity contribution >= 4 is 11.2 Å². The second-order valence-electron chi connectivity index (χ2n) is 4.16. The predicted octanol–water partition coefficient (Wildman–Crippen LogP) is 3.18. The predicted molar refractivity (Wildman–Crippen MR) is 72.1 cm³/mol. The highest BCUT2D eigenvalue weighted by Gasteiger charge is 2.10. The van der Waals surface area contributed by atoms with Crippen LogP contribution >= 0.6 is 0 Å². The first-order valence-electron chi connectivity index (χ1n) is 6.38. The molecule has 0 saturated heterocycles. The van der Waals surface area contributed by atoms with Gasteiger partial charge in [0.05, 0.1) is 12.1 Å². The lowest BCUT2D eigenvalue weighted by Gasteiger charge is -1.99. The number of imidazole rings is 1. The van der Waals surface area contributed by atoms with Gasteiger partial charge in [-0.15, -0.1) is 0 Å². The molecule has 0 aromatic carbocycles. The molecule has 5 nitrogen and oxygen atoms in total. The Labute approximate surface area is 110 Å². The molecular formula is C14H15N3O2. The van der Waals surface area contributed by atoms with Gasteiger partial charge >= 0.3 is 0 Å². The lowest BCUT2D eigenvalue weighted by Crippen LogP contribution is -1.93. The fourth-order valence-corrected chi connectivity index (χ4v) is 1.92. The van der Waals surface area contributed by atoms with Crippen molar-refractivity contribution < 1.29 is 9.15 Å². The summed E-state index contributed by atoms with van der Waals surface area (Å²) in [5.74, 6) is 2.95. The van der Waals surface area contributed by atoms with Crippen LogP contribution in [0.15, 0.2) is 28.7 Å². The lowest BCUT2D eigenvalue weighted by atomic mass is 10.3. The number of hydrogen-bond donors (Lipinski definition) is 1. The Balaban J connectivity index is 2.00. The van der Waals surface area contributed by atoms with E-state index >= 15 is 0 Å². The minimum atomic E-state index is 0.585. The van der Waals surface area contributed by atoms with Crippen LogP contribution < -0.4 is 4.74 Å². The van der Waals surface area contributed by atoms with Crippen LogP contribution in [0, 0.1) is 0 Å². The molecule has 0 aliphatic heterocycles. The van der Waals surface area contributed by atoms with Crippen LogP contribution in [0.25, 0.3) is 22.7 Å². The van der Waals surface area contributed by atoms with Crippen molar-refractivity contribution in [3.05, 3.63) is 30.0 Å². The molecule has 0 fully saturated rings. The third-order valence-electron chi connectivity index (χ3n) is 2.86. The molecule has 98 valence electrons. The zero-order valence-electron chi connectivity index (χ0n) is 10.9. The average Bonchev–Trinajstić information content (AvgIpc) is 3.04. The molecule has 3 aromatic heterocycles. The molecule has 0 atom stereocenters. The van der Waals surface area contributed by atoms with Gasteiger partial charge in [0.1, 0.15) is 5.76 Å². The molecule has 1 N–H and O–H groups in total. The van der Waals surface area contributed by atoms with Gasteiger partial charge < -0.3 is 14.1 Å². The van der Waals surface area contributed by atoms with E-state index in [2.05, 4.69) is 21.9 Å². The highest BCUT2D eigenvalue weighted by Crippen LogP contribution is 2.23. The number of pyridine rings is 1. The smallest absolute Gasteiger partial charge is 0.215 e. The Hall–Kier alpha value is -2.30. The molecule has 19 heavy (non-hydrogen) atoms. The van der Waals surface area contributed by atoms with E-state index in [1.165, 1.54) is 0 Å². The minimum absolute atomic E-state index is 0.585. The summed E-state index contributed by atoms with van der Waals surface area (Å²) >= 11 is 0. The van der Waals surface area contributed by atoms with Crippen molar-refractivity contribution in [1.82, 2.24) is 15.0 Å². The number of aromatic nitrogens is 3. The maximum Gasteiger partial charge on any atom is 0.215 e. The van der Waals surface area contributed by atoms with E-state index in [0.29, 0.717) is 24.0 Å². The first-order chi connectivity index (χ1) is 9.30. The molecule has 0 bridgehead atoms. The van der Waals surface area contributed by atoms with Gasteiger partial charge in [0.2, 0.25) is 5.88 Å². The number of furan rings is 1. The number of aromatic amines is 1. The SMILES string of the molecule is CCOc1ccc2[nH]c(-c3ccc(CC)o3)nc2n1. The van der Waals surface area contributed by atoms with E-state index in [9.17, 15) is 0 Å². The zero-order valence-corrected chi connectivity index (χ0v) is 10.9. The normalized spacial score (nSPS) is 11.1. The van der Waals surface area contributed by atoms with E-state index in [1.54, 1.807) is 0 Å². The number of nitrogens with zero attached hydrogens (tertiary/aromatic N) is 2. The van der Waals surface area contributed by atoms with Gasteiger partial charge in [-0.25, -0.2) is 4.98 Å². The molecular weight excluding hydrogens is 242 g/mol. The topological polar surface area (TPSA) is 63.9 Å². The Morgan fingerprint density at radius 1 is 1.16 bits per heavy atom. The summed E-state index contributed by atoms with van der Waals surface area (Å²) in [5.41, 5.74) is 1.50. The summed E-state index contributed by atoms with van der Waals surface area (Å²) in [4.78, 5) is 12.0. The maximum atomic E-state index is 5.67. The number of rotatable bonds is 4. The van der Waals surface area contributed by atoms with Gasteiger partial charge in [0.25, 0.3) is 0 Å². The Bertz CT molecular complexity index is 700. The summed E-state index contributed by atoms with van der Waals surface area (Å²) in [6.45, 7) is 4.57. The number of aryl methyl sites for hydroxylation is 1. The molecule has 0 aliphatic carbocycles. The van der Waals surface area contributed by atoms with E-state index in [1.807, 2.05) is 31.2 Å². The zero-order chi connectivity index (χ0) is 13.2. The van der Waals surface area contributed by atoms with Gasteiger partial charge in [-0.3, -0.25) is 0 Å². The van der Waals surface area contributed by atoms with Gasteiger partial charge in [-0.2, -0.15) is 4.98 Å². The molecule has 3 heterocycles. The van der Waals surface area contributed by atoms with Crippen LogP contribution in [0.3, 0.4) is 0 Å². The maximum absolute atomic E-state index is 5.67. The molecule has 0 aliphatic rings. The highest BCUT2D eigenvalue weighted by molar-refractivity contribution is 5.75. The third kappa shape index (κ3) is 2.19. The van der Waals surface area contributed by atoms with Crippen molar-refractivity contribution in [3.8, 4) is 17.5 Å². The van der Waals surface area contributed by atoms with E-state index in [4.69, 9.17) is 9.15 Å². The highest BCUT2D eigenvalue weighted by atomic mass is 16.5. The van der Waals surface area contributed by atoms with Crippen molar-refractivity contribution in [2.75, 3.05) is 6.61 Å². The summed E-state index contributed by atoms with van der Waals surface area (Å²) in [5, 5.41) is 0. The number of fused-ring (bicyclic) bond motifs is 1. The van der Waals surface area contributed by atoms with Gasteiger partial charge in [-0.1, -0.05) is 6.92 Å². The van der Waals surface area contributed by atoms with Crippen molar-refractivity contribution in [2.24, 2.45) is 0 Å². The third-order valence-corrected chi connectivity index (χ3v) is 2.86. The molecule has 0 amide bonds. The summed E-state index contributed by atoms with van der Waals surface area (Å²) in [6, 6.07) is 7.61. The van der Waals surface area contributed by atoms with Gasteiger partial charge in [0, 0.05) is 12.5 Å². The van der Waals surface area contributed by atoms with Crippen molar-refractivity contribution in [3.63, 3.8) is 0 Å². The van der Waals surface area contributed by atoms with Crippen molar-refractivity contribution in [2.45, 2.75) is 20.3 Å². The summed E-state index contributed by atoms with van der Waals surface area (Å²) < 4.78 is 11.0. The van der Waals surface area contributed by atoms with E-state index < -0.39 is 0 Å². The van der Waals surface area contributed by atoms with Crippen molar-refractivity contribution in [1.29, 1.82) is 0 Å². The number of ether oxygens (including phenoxy) is 1. The van der Waals surface area contributed by atoms with Gasteiger partial charge in [0.15, 0.2) is 17.2 Å². The summed E-state index contributed by atoms with van der Waals surface area (Å²) in [6.07, 6.45) is 0.868. The second kappa shape index (κ2) is 4.76. The standard InChI is InChI=1S/C14H15N3O2/c1-3-9-5-7-11(19-9)14-15-10-6-8-12(18-4-2)16-13(10)17-14/h5-8H,3-4H2,1-2H3,(H,15,16,17). The number of nitrogens with one attached hydrogen (secondary N) is 1. The van der Waals surface area contributed by atoms with E-state index in [-0.39, 0.29) is 0 Å². The Kier molecular flexibility index (Phi) is 2.95. The van der Waals surface area contributed by atoms with Crippen LogP contribution in [-0.4, -0.2) is 21.6 Å². The van der Waals surface area contributed by atoms with Gasteiger partial charge in [-0.05, 0) is 25.1 Å². The molecule has 0 spiro atoms. The molecule has 0 unspecified atom stereocenters. The van der Waals surface area contributed by atoms with Crippen LogP contribution in [0.2, 0.25) is 0 Å². The number of H-pyrrole nitrogens is 1. The fourth-order valence-electron chi connectivity index (χ4n) is 1.92. The monoisotopic (exact) mass is 257 g/mol. The van der Waals surface area contributed by atoms with Crippen LogP contribution in [-0.2, 0) is 6.42 Å². The molecule has 0 saturated carbocycles. The van der Waals surface area contributed by atoms with Crippen LogP contribution in [0.4, 0.5) is 0 Å². The van der Waals surface area contributed by atoms with Crippen LogP contribution in [0.5, 0.6) is 5.88 Å². The Morgan fingerprint density at radius 3 is 2.79 bits per heavy atom. The average molecular weight is 257 g/mol. The largest absolute Gasteiger partial charge is 0.478 e. The molecule has 5 heteroatoms. The molecule has 3 rings (SSSR count). The lowest BCUT2D eigenvalue weighted by molar-refractivity contribution is 0.328. The summed E-state index contributed by atoms with van der Waals surface area (Å²) in [7, 11) is 0. The first kappa shape index (κ1) is 11.8. The molecule has 0 radical (unpaired) electrons. The second-order valence-corrected chi connectivity index (χ2v) is 4.16. The fraction of sp³-hybridized carbons (Fsp3) is 0.286. The first-order valence-corrected chi connectivity index (χ1v) is 6.38. The quantitative estimate of drug-likeness (QED) is 0.779. The molecule has 3 aromatic rings.